The van der Waals surface area contributed by atoms with Gasteiger partial charge in [-0.2, -0.15) is 0 Å². The summed E-state index contributed by atoms with van der Waals surface area (Å²) in [6.07, 6.45) is 0. The predicted molar refractivity (Wildman–Crippen MR) is 52.6 cm³/mol. The lowest BCUT2D eigenvalue weighted by molar-refractivity contribution is -0.118. The van der Waals surface area contributed by atoms with Gasteiger partial charge in [-0.05, 0) is 7.05 Å². The minimum absolute atomic E-state index is 0.115. The van der Waals surface area contributed by atoms with Crippen LogP contribution in [0.15, 0.2) is 0 Å². The number of hydrogen-bond acceptors (Lipinski definition) is 3. The number of amides is 1. The molecule has 0 radical (unpaired) electrons. The number of rotatable bonds is 5. The van der Waals surface area contributed by atoms with E-state index in [-0.39, 0.29) is 18.4 Å². The number of nitrogens with two attached hydrogens (primary N) is 2. The molecule has 0 spiro atoms. The van der Waals surface area contributed by atoms with E-state index < -0.39 is 0 Å². The van der Waals surface area contributed by atoms with Crippen molar-refractivity contribution in [3.8, 4) is 0 Å². The van der Waals surface area contributed by atoms with Crippen LogP contribution in [0.2, 0.25) is 0 Å². The van der Waals surface area contributed by atoms with Crippen LogP contribution in [-0.4, -0.2) is 35.9 Å². The average molecular weight is 189 g/mol. The van der Waals surface area contributed by atoms with E-state index in [1.165, 1.54) is 0 Å². The summed E-state index contributed by atoms with van der Waals surface area (Å²) < 4.78 is 0. The first-order valence-electron chi connectivity index (χ1n) is 3.69. The summed E-state index contributed by atoms with van der Waals surface area (Å²) in [6, 6.07) is 0. The molecule has 0 aliphatic carbocycles. The van der Waals surface area contributed by atoms with Crippen molar-refractivity contribution in [3.05, 3.63) is 0 Å². The Morgan fingerprint density at radius 1 is 1.58 bits per heavy atom. The lowest BCUT2D eigenvalue weighted by atomic mass is 10.2. The molecule has 1 unspecified atom stereocenters. The lowest BCUT2D eigenvalue weighted by Crippen LogP contribution is -2.36. The Hall–Kier alpha value is -0.680. The highest BCUT2D eigenvalue weighted by Crippen LogP contribution is 1.97. The Bertz CT molecular complexity index is 183. The van der Waals surface area contributed by atoms with Crippen molar-refractivity contribution in [3.63, 3.8) is 0 Å². The molecular weight excluding hydrogens is 174 g/mol. The maximum Gasteiger partial charge on any atom is 0.231 e. The third kappa shape index (κ3) is 5.03. The maximum atomic E-state index is 10.5. The van der Waals surface area contributed by atoms with E-state index in [0.717, 1.165) is 0 Å². The van der Waals surface area contributed by atoms with E-state index in [0.29, 0.717) is 11.5 Å². The second kappa shape index (κ2) is 5.05. The fourth-order valence-electron chi connectivity index (χ4n) is 0.888. The Labute approximate surface area is 77.9 Å². The van der Waals surface area contributed by atoms with Gasteiger partial charge in [-0.25, -0.2) is 0 Å². The number of nitrogens with zero attached hydrogens (tertiary/aromatic N) is 1. The third-order valence-corrected chi connectivity index (χ3v) is 1.90. The van der Waals surface area contributed by atoms with Gasteiger partial charge in [0.05, 0.1) is 11.5 Å². The Balaban J connectivity index is 3.76. The van der Waals surface area contributed by atoms with E-state index in [1.54, 1.807) is 11.9 Å². The van der Waals surface area contributed by atoms with Crippen LogP contribution >= 0.6 is 12.2 Å². The number of carbonyl (C=O) groups excluding carboxylic acids is 1. The minimum Gasteiger partial charge on any atom is -0.393 e. The van der Waals surface area contributed by atoms with Gasteiger partial charge in [0.1, 0.15) is 0 Å². The quantitative estimate of drug-likeness (QED) is 0.562. The molecule has 0 saturated carbocycles. The highest BCUT2D eigenvalue weighted by Gasteiger charge is 2.09. The zero-order valence-corrected chi connectivity index (χ0v) is 8.23. The molecule has 0 rings (SSSR count). The topological polar surface area (TPSA) is 72.3 Å². The molecule has 12 heavy (non-hydrogen) atoms. The van der Waals surface area contributed by atoms with Gasteiger partial charge in [-0.15, -0.1) is 0 Å². The van der Waals surface area contributed by atoms with E-state index in [2.05, 4.69) is 0 Å². The molecule has 1 atom stereocenters. The molecule has 1 amide bonds. The van der Waals surface area contributed by atoms with Gasteiger partial charge >= 0.3 is 0 Å². The number of likely N-dealkylation sites (N-methyl/N-ethyl adjacent to an activating group) is 1. The summed E-state index contributed by atoms with van der Waals surface area (Å²) in [7, 11) is 1.81. The SMILES string of the molecule is CC(CN(C)CC(N)=O)C(N)=S. The van der Waals surface area contributed by atoms with Crippen LogP contribution < -0.4 is 11.5 Å². The highest BCUT2D eigenvalue weighted by molar-refractivity contribution is 7.80. The van der Waals surface area contributed by atoms with Gasteiger partial charge in [0.2, 0.25) is 5.91 Å². The molecule has 4 nitrogen and oxygen atoms in total. The first-order valence-corrected chi connectivity index (χ1v) is 4.10. The van der Waals surface area contributed by atoms with Crippen molar-refractivity contribution in [2.75, 3.05) is 20.1 Å². The molecule has 0 aromatic heterocycles. The fourth-order valence-corrected chi connectivity index (χ4v) is 0.963. The van der Waals surface area contributed by atoms with Crippen molar-refractivity contribution < 1.29 is 4.79 Å². The third-order valence-electron chi connectivity index (χ3n) is 1.50. The number of carbonyl (C=O) groups is 1. The van der Waals surface area contributed by atoms with Crippen LogP contribution in [0.4, 0.5) is 0 Å². The van der Waals surface area contributed by atoms with E-state index >= 15 is 0 Å². The molecule has 0 aliphatic rings. The zero-order valence-electron chi connectivity index (χ0n) is 7.41. The zero-order chi connectivity index (χ0) is 9.72. The Morgan fingerprint density at radius 3 is 2.42 bits per heavy atom. The van der Waals surface area contributed by atoms with Gasteiger partial charge < -0.3 is 11.5 Å². The van der Waals surface area contributed by atoms with E-state index in [9.17, 15) is 4.79 Å². The smallest absolute Gasteiger partial charge is 0.231 e. The molecule has 0 heterocycles. The van der Waals surface area contributed by atoms with Crippen LogP contribution in [0.5, 0.6) is 0 Å². The van der Waals surface area contributed by atoms with Crippen LogP contribution in [0.25, 0.3) is 0 Å². The highest BCUT2D eigenvalue weighted by atomic mass is 32.1. The van der Waals surface area contributed by atoms with Gasteiger partial charge in [-0.3, -0.25) is 9.69 Å². The van der Waals surface area contributed by atoms with Crippen molar-refractivity contribution in [1.29, 1.82) is 0 Å². The summed E-state index contributed by atoms with van der Waals surface area (Å²) in [5.41, 5.74) is 10.4. The normalized spacial score (nSPS) is 12.9. The maximum absolute atomic E-state index is 10.5. The minimum atomic E-state index is -0.340. The average Bonchev–Trinajstić information content (AvgIpc) is 1.84. The molecule has 0 bridgehead atoms. The number of thiocarbonyl (C=S) groups is 1. The second-order valence-corrected chi connectivity index (χ2v) is 3.44. The standard InChI is InChI=1S/C7H15N3OS/c1-5(7(9)12)3-10(2)4-6(8)11/h5H,3-4H2,1-2H3,(H2,8,11)(H2,9,12). The van der Waals surface area contributed by atoms with Crippen LogP contribution in [0.1, 0.15) is 6.92 Å². The molecule has 0 aromatic rings. The fraction of sp³-hybridized carbons (Fsp3) is 0.714. The second-order valence-electron chi connectivity index (χ2n) is 2.97. The first kappa shape index (κ1) is 11.3. The first-order chi connectivity index (χ1) is 5.43. The van der Waals surface area contributed by atoms with E-state index in [1.807, 2.05) is 6.92 Å². The molecule has 5 heteroatoms. The van der Waals surface area contributed by atoms with Crippen LogP contribution in [-0.2, 0) is 4.79 Å². The molecule has 0 aromatic carbocycles. The summed E-state index contributed by atoms with van der Waals surface area (Å²) in [5.74, 6) is -0.225. The van der Waals surface area contributed by atoms with Crippen molar-refractivity contribution in [2.24, 2.45) is 17.4 Å². The van der Waals surface area contributed by atoms with Crippen molar-refractivity contribution in [1.82, 2.24) is 4.90 Å². The van der Waals surface area contributed by atoms with Crippen LogP contribution in [0, 0.1) is 5.92 Å². The van der Waals surface area contributed by atoms with Gasteiger partial charge in [0.15, 0.2) is 0 Å². The summed E-state index contributed by atoms with van der Waals surface area (Å²) >= 11 is 4.79. The summed E-state index contributed by atoms with van der Waals surface area (Å²) in [5, 5.41) is 0. The molecule has 0 fully saturated rings. The molecule has 0 saturated heterocycles. The van der Waals surface area contributed by atoms with Gasteiger partial charge in [0, 0.05) is 12.5 Å². The molecule has 0 aliphatic heterocycles. The lowest BCUT2D eigenvalue weighted by Gasteiger charge is -2.18. The van der Waals surface area contributed by atoms with Gasteiger partial charge in [0.25, 0.3) is 0 Å². The van der Waals surface area contributed by atoms with Crippen molar-refractivity contribution in [2.45, 2.75) is 6.92 Å². The molecule has 4 N–H and O–H groups in total. The number of primary amides is 1. The predicted octanol–water partition coefficient (Wildman–Crippen LogP) is -0.674. The summed E-state index contributed by atoms with van der Waals surface area (Å²) in [6.45, 7) is 2.82. The van der Waals surface area contributed by atoms with Crippen LogP contribution in [0.3, 0.4) is 0 Å². The molecular formula is C7H15N3OS. The van der Waals surface area contributed by atoms with Crippen molar-refractivity contribution >= 4 is 23.1 Å². The monoisotopic (exact) mass is 189 g/mol. The van der Waals surface area contributed by atoms with E-state index in [4.69, 9.17) is 23.7 Å². The summed E-state index contributed by atoms with van der Waals surface area (Å²) in [4.78, 5) is 12.7. The molecule has 70 valence electrons. The Morgan fingerprint density at radius 2 is 2.08 bits per heavy atom. The van der Waals surface area contributed by atoms with Gasteiger partial charge in [-0.1, -0.05) is 19.1 Å². The largest absolute Gasteiger partial charge is 0.393 e. The number of hydrogen-bond donors (Lipinski definition) is 2. The Kier molecular flexibility index (Phi) is 4.77.